The van der Waals surface area contributed by atoms with Gasteiger partial charge in [0.1, 0.15) is 0 Å². The van der Waals surface area contributed by atoms with E-state index in [-0.39, 0.29) is 41.4 Å². The van der Waals surface area contributed by atoms with E-state index in [2.05, 4.69) is 17.5 Å². The number of benzene rings is 2. The van der Waals surface area contributed by atoms with Crippen LogP contribution in [0, 0.1) is 23.7 Å². The summed E-state index contributed by atoms with van der Waals surface area (Å²) in [5.41, 5.74) is 1.62. The van der Waals surface area contributed by atoms with Crippen LogP contribution in [0.3, 0.4) is 0 Å². The molecular weight excluding hydrogens is 340 g/mol. The first kappa shape index (κ1) is 16.0. The number of allylic oxidation sites excluding steroid dienone is 2. The molecule has 3 amide bonds. The predicted molar refractivity (Wildman–Crippen MR) is 101 cm³/mol. The fourth-order valence-corrected chi connectivity index (χ4v) is 4.67. The van der Waals surface area contributed by atoms with E-state index in [0.29, 0.717) is 16.9 Å². The van der Waals surface area contributed by atoms with Crippen molar-refractivity contribution in [2.24, 2.45) is 23.7 Å². The van der Waals surface area contributed by atoms with Crippen LogP contribution in [-0.2, 0) is 9.59 Å². The summed E-state index contributed by atoms with van der Waals surface area (Å²) in [5.74, 6) is -0.553. The van der Waals surface area contributed by atoms with Gasteiger partial charge >= 0.3 is 0 Å². The molecule has 1 heterocycles. The maximum Gasteiger partial charge on any atom is 0.255 e. The molecule has 2 bridgehead atoms. The van der Waals surface area contributed by atoms with E-state index in [1.807, 2.05) is 6.07 Å². The van der Waals surface area contributed by atoms with Crippen LogP contribution in [0.1, 0.15) is 16.8 Å². The Morgan fingerprint density at radius 2 is 1.56 bits per heavy atom. The Bertz CT molecular complexity index is 952. The molecule has 1 aliphatic heterocycles. The summed E-state index contributed by atoms with van der Waals surface area (Å²) in [5, 5.41) is 2.83. The van der Waals surface area contributed by atoms with Gasteiger partial charge in [-0.25, -0.2) is 4.90 Å². The lowest BCUT2D eigenvalue weighted by Crippen LogP contribution is -2.32. The highest BCUT2D eigenvalue weighted by atomic mass is 16.2. The van der Waals surface area contributed by atoms with E-state index in [1.54, 1.807) is 48.5 Å². The molecule has 1 N–H and O–H groups in total. The summed E-state index contributed by atoms with van der Waals surface area (Å²) in [6, 6.07) is 15.8. The second kappa shape index (κ2) is 5.91. The van der Waals surface area contributed by atoms with Crippen LogP contribution in [0.5, 0.6) is 0 Å². The fraction of sp³-hybridized carbons (Fsp3) is 0.227. The summed E-state index contributed by atoms with van der Waals surface area (Å²) in [6.45, 7) is 0. The maximum atomic E-state index is 12.9. The van der Waals surface area contributed by atoms with Gasteiger partial charge in [0.05, 0.1) is 17.5 Å². The molecule has 0 spiro atoms. The molecule has 2 aliphatic carbocycles. The highest BCUT2D eigenvalue weighted by Gasteiger charge is 2.59. The second-order valence-corrected chi connectivity index (χ2v) is 7.38. The number of anilines is 2. The molecule has 5 heteroatoms. The van der Waals surface area contributed by atoms with E-state index < -0.39 is 0 Å². The molecule has 2 aromatic rings. The van der Waals surface area contributed by atoms with Crippen molar-refractivity contribution >= 4 is 29.1 Å². The average molecular weight is 358 g/mol. The molecule has 1 saturated heterocycles. The van der Waals surface area contributed by atoms with Gasteiger partial charge in [-0.15, -0.1) is 0 Å². The number of imide groups is 1. The van der Waals surface area contributed by atoms with Gasteiger partial charge in [0.25, 0.3) is 5.91 Å². The summed E-state index contributed by atoms with van der Waals surface area (Å²) in [4.78, 5) is 39.5. The minimum atomic E-state index is -0.231. The third-order valence-electron chi connectivity index (χ3n) is 5.87. The minimum Gasteiger partial charge on any atom is -0.322 e. The third-order valence-corrected chi connectivity index (χ3v) is 5.87. The van der Waals surface area contributed by atoms with Gasteiger partial charge in [0, 0.05) is 11.3 Å². The van der Waals surface area contributed by atoms with Gasteiger partial charge in [-0.1, -0.05) is 36.4 Å². The first-order valence-electron chi connectivity index (χ1n) is 9.16. The first-order chi connectivity index (χ1) is 13.1. The van der Waals surface area contributed by atoms with E-state index in [0.717, 1.165) is 6.42 Å². The third kappa shape index (κ3) is 2.42. The van der Waals surface area contributed by atoms with Crippen LogP contribution in [0.4, 0.5) is 11.4 Å². The zero-order valence-corrected chi connectivity index (χ0v) is 14.5. The van der Waals surface area contributed by atoms with Crippen LogP contribution < -0.4 is 10.2 Å². The quantitative estimate of drug-likeness (QED) is 0.677. The number of rotatable bonds is 3. The Kier molecular flexibility index (Phi) is 3.50. The normalized spacial score (nSPS) is 27.9. The Morgan fingerprint density at radius 3 is 2.22 bits per heavy atom. The summed E-state index contributed by atoms with van der Waals surface area (Å²) < 4.78 is 0. The van der Waals surface area contributed by atoms with Crippen molar-refractivity contribution in [1.82, 2.24) is 0 Å². The van der Waals surface area contributed by atoms with Crippen molar-refractivity contribution in [2.75, 3.05) is 10.2 Å². The van der Waals surface area contributed by atoms with Crippen LogP contribution in [0.15, 0.2) is 66.7 Å². The molecule has 5 nitrogen and oxygen atoms in total. The predicted octanol–water partition coefficient (Wildman–Crippen LogP) is 3.25. The number of carbonyl (C=O) groups excluding carboxylic acids is 3. The number of nitrogens with one attached hydrogen (secondary N) is 1. The van der Waals surface area contributed by atoms with Gasteiger partial charge in [-0.2, -0.15) is 0 Å². The van der Waals surface area contributed by atoms with Crippen molar-refractivity contribution in [3.8, 4) is 0 Å². The molecule has 0 aromatic heterocycles. The summed E-state index contributed by atoms with van der Waals surface area (Å²) in [6.07, 6.45) is 5.07. The smallest absolute Gasteiger partial charge is 0.255 e. The SMILES string of the molecule is O=C(Nc1cccc(N2C(=O)[C@H]3[C@H](C2=O)[C@H]2C=C[C@H]3C2)c1)c1ccccc1. The molecule has 3 aliphatic rings. The highest BCUT2D eigenvalue weighted by molar-refractivity contribution is 6.23. The largest absolute Gasteiger partial charge is 0.322 e. The number of nitrogens with zero attached hydrogens (tertiary/aromatic N) is 1. The number of amides is 3. The topological polar surface area (TPSA) is 66.5 Å². The van der Waals surface area contributed by atoms with Gasteiger partial charge in [0.15, 0.2) is 0 Å². The van der Waals surface area contributed by atoms with Crippen molar-refractivity contribution in [1.29, 1.82) is 0 Å². The van der Waals surface area contributed by atoms with Crippen molar-refractivity contribution < 1.29 is 14.4 Å². The molecule has 0 unspecified atom stereocenters. The van der Waals surface area contributed by atoms with Crippen LogP contribution in [-0.4, -0.2) is 17.7 Å². The lowest BCUT2D eigenvalue weighted by atomic mass is 9.85. The fourth-order valence-electron chi connectivity index (χ4n) is 4.67. The molecule has 1 saturated carbocycles. The van der Waals surface area contributed by atoms with Crippen molar-refractivity contribution in [3.05, 3.63) is 72.3 Å². The Balaban J connectivity index is 1.41. The lowest BCUT2D eigenvalue weighted by Gasteiger charge is -2.18. The first-order valence-corrected chi connectivity index (χ1v) is 9.16. The zero-order valence-electron chi connectivity index (χ0n) is 14.5. The van der Waals surface area contributed by atoms with Gasteiger partial charge in [-0.3, -0.25) is 14.4 Å². The van der Waals surface area contributed by atoms with Crippen LogP contribution >= 0.6 is 0 Å². The van der Waals surface area contributed by atoms with E-state index >= 15 is 0 Å². The second-order valence-electron chi connectivity index (χ2n) is 7.38. The van der Waals surface area contributed by atoms with E-state index in [1.165, 1.54) is 4.90 Å². The number of hydrogen-bond donors (Lipinski definition) is 1. The molecular formula is C22H18N2O3. The van der Waals surface area contributed by atoms with Crippen LogP contribution in [0.2, 0.25) is 0 Å². The minimum absolute atomic E-state index is 0.117. The molecule has 27 heavy (non-hydrogen) atoms. The van der Waals surface area contributed by atoms with E-state index in [9.17, 15) is 14.4 Å². The Labute approximate surface area is 156 Å². The van der Waals surface area contributed by atoms with E-state index in [4.69, 9.17) is 0 Å². The average Bonchev–Trinajstić information content (AvgIpc) is 3.36. The molecule has 2 aromatic carbocycles. The molecule has 2 fully saturated rings. The van der Waals surface area contributed by atoms with Crippen molar-refractivity contribution in [3.63, 3.8) is 0 Å². The van der Waals surface area contributed by atoms with Crippen molar-refractivity contribution in [2.45, 2.75) is 6.42 Å². The van der Waals surface area contributed by atoms with Gasteiger partial charge in [-0.05, 0) is 48.6 Å². The van der Waals surface area contributed by atoms with Gasteiger partial charge < -0.3 is 5.32 Å². The number of carbonyl (C=O) groups is 3. The highest BCUT2D eigenvalue weighted by Crippen LogP contribution is 2.53. The van der Waals surface area contributed by atoms with Gasteiger partial charge in [0.2, 0.25) is 11.8 Å². The molecule has 4 atom stereocenters. The molecule has 0 radical (unpaired) electrons. The monoisotopic (exact) mass is 358 g/mol. The lowest BCUT2D eigenvalue weighted by molar-refractivity contribution is -0.123. The maximum absolute atomic E-state index is 12.9. The Morgan fingerprint density at radius 1 is 0.889 bits per heavy atom. The molecule has 134 valence electrons. The Hall–Kier alpha value is -3.21. The number of fused-ring (bicyclic) bond motifs is 5. The number of hydrogen-bond acceptors (Lipinski definition) is 3. The molecule has 5 rings (SSSR count). The van der Waals surface area contributed by atoms with Crippen LogP contribution in [0.25, 0.3) is 0 Å². The standard InChI is InChI=1S/C22H18N2O3/c25-20(13-5-2-1-3-6-13)23-16-7-4-8-17(12-16)24-21(26)18-14-9-10-15(11-14)19(18)22(24)27/h1-10,12,14-15,18-19H,11H2,(H,23,25)/t14-,15-,18+,19+/m0/s1. The zero-order chi connectivity index (χ0) is 18.5. The summed E-state index contributed by atoms with van der Waals surface area (Å²) >= 11 is 0. The summed E-state index contributed by atoms with van der Waals surface area (Å²) in [7, 11) is 0.